The van der Waals surface area contributed by atoms with Crippen molar-refractivity contribution in [1.82, 2.24) is 5.32 Å². The third-order valence-electron chi connectivity index (χ3n) is 20.4. The molecule has 0 fully saturated rings. The van der Waals surface area contributed by atoms with Gasteiger partial charge in [-0.3, -0.25) is 9.59 Å². The van der Waals surface area contributed by atoms with Crippen LogP contribution in [0.2, 0.25) is 0 Å². The number of hydrogen-bond acceptors (Lipinski definition) is 5. The maximum absolute atomic E-state index is 12.6. The highest BCUT2D eigenvalue weighted by Gasteiger charge is 2.20. The molecule has 0 aromatic heterocycles. The Labute approximate surface area is 566 Å². The van der Waals surface area contributed by atoms with E-state index in [1.807, 2.05) is 0 Å². The van der Waals surface area contributed by atoms with E-state index >= 15 is 0 Å². The molecule has 6 heteroatoms. The predicted octanol–water partition coefficient (Wildman–Crippen LogP) is 28.1. The molecule has 538 valence electrons. The quantitative estimate of drug-likeness (QED) is 0.0417. The number of ether oxygens (including phenoxy) is 1. The lowest BCUT2D eigenvalue weighted by molar-refractivity contribution is -0.143. The zero-order valence-corrected chi connectivity index (χ0v) is 61.9. The average Bonchev–Trinajstić information content (AvgIpc) is 3.58. The topological polar surface area (TPSA) is 95.9 Å². The van der Waals surface area contributed by atoms with Crippen LogP contribution in [0.25, 0.3) is 0 Å². The second-order valence-corrected chi connectivity index (χ2v) is 29.5. The van der Waals surface area contributed by atoms with Crippen LogP contribution in [0.5, 0.6) is 0 Å². The summed E-state index contributed by atoms with van der Waals surface area (Å²) in [6, 6.07) is -0.538. The standard InChI is InChI=1S/C84H167NO5/c1-3-5-7-9-11-13-15-17-19-20-21-22-36-39-42-45-49-52-56-60-64-68-72-76-82(87)81(80-86)85-83(88)77-73-69-65-61-57-53-50-46-43-40-37-34-32-30-28-26-24-23-25-27-29-31-33-35-38-41-44-47-51-55-59-63-67-71-75-79-90-84(89)78-74-70-66-62-58-54-48-18-16-14-12-10-8-6-4-2/h81-82,86-87H,3-80H2,1-2H3,(H,85,88). The first-order valence-electron chi connectivity index (χ1n) is 42.3. The van der Waals surface area contributed by atoms with E-state index in [4.69, 9.17) is 4.74 Å². The van der Waals surface area contributed by atoms with E-state index in [0.29, 0.717) is 25.9 Å². The number of carbonyl (C=O) groups excluding carboxylic acids is 2. The van der Waals surface area contributed by atoms with Gasteiger partial charge in [0.1, 0.15) is 0 Å². The molecule has 0 aliphatic heterocycles. The predicted molar refractivity (Wildman–Crippen MR) is 398 cm³/mol. The molecule has 90 heavy (non-hydrogen) atoms. The van der Waals surface area contributed by atoms with Crippen LogP contribution in [0.1, 0.15) is 502 Å². The summed E-state index contributed by atoms with van der Waals surface area (Å²) in [7, 11) is 0. The third-order valence-corrected chi connectivity index (χ3v) is 20.4. The number of aliphatic hydroxyl groups excluding tert-OH is 2. The molecule has 0 saturated heterocycles. The largest absolute Gasteiger partial charge is 0.466 e. The van der Waals surface area contributed by atoms with Gasteiger partial charge in [-0.25, -0.2) is 0 Å². The number of carbonyl (C=O) groups is 2. The Morgan fingerprint density at radius 3 is 0.678 bits per heavy atom. The molecular formula is C84H167NO5. The van der Waals surface area contributed by atoms with Crippen molar-refractivity contribution in [2.75, 3.05) is 13.2 Å². The first-order chi connectivity index (χ1) is 44.5. The summed E-state index contributed by atoms with van der Waals surface area (Å²) < 4.78 is 5.51. The molecule has 0 aliphatic rings. The highest BCUT2D eigenvalue weighted by Crippen LogP contribution is 2.21. The average molecular weight is 1270 g/mol. The molecule has 2 atom stereocenters. The highest BCUT2D eigenvalue weighted by molar-refractivity contribution is 5.76. The van der Waals surface area contributed by atoms with Crippen molar-refractivity contribution in [2.45, 2.75) is 514 Å². The number of esters is 1. The zero-order valence-electron chi connectivity index (χ0n) is 61.9. The molecule has 0 bridgehead atoms. The Bertz CT molecular complexity index is 1320. The highest BCUT2D eigenvalue weighted by atomic mass is 16.5. The zero-order chi connectivity index (χ0) is 64.9. The fraction of sp³-hybridized carbons (Fsp3) is 0.976. The molecule has 2 unspecified atom stereocenters. The van der Waals surface area contributed by atoms with E-state index in [1.54, 1.807) is 0 Å². The molecule has 0 aromatic carbocycles. The van der Waals surface area contributed by atoms with E-state index in [9.17, 15) is 19.8 Å². The first kappa shape index (κ1) is 88.9. The molecule has 0 aromatic rings. The Morgan fingerprint density at radius 2 is 0.456 bits per heavy atom. The number of hydrogen-bond donors (Lipinski definition) is 3. The van der Waals surface area contributed by atoms with Gasteiger partial charge in [0.05, 0.1) is 25.4 Å². The fourth-order valence-corrected chi connectivity index (χ4v) is 14.0. The minimum absolute atomic E-state index is 0.0229. The number of amides is 1. The van der Waals surface area contributed by atoms with Crippen LogP contribution in [0, 0.1) is 0 Å². The summed E-state index contributed by atoms with van der Waals surface area (Å²) >= 11 is 0. The Balaban J connectivity index is 3.30. The SMILES string of the molecule is CCCCCCCCCCCCCCCCCCCCCCCCCC(O)C(CO)NC(=O)CCCCCCCCCCCCCCCCCCCCCCCCCCCCCCCCCCCCCOC(=O)CCCCCCCCCCCCCCCCC. The van der Waals surface area contributed by atoms with Crippen molar-refractivity contribution in [3.05, 3.63) is 0 Å². The van der Waals surface area contributed by atoms with Gasteiger partial charge in [-0.1, -0.05) is 463 Å². The molecule has 1 amide bonds. The Morgan fingerprint density at radius 1 is 0.267 bits per heavy atom. The molecule has 0 heterocycles. The van der Waals surface area contributed by atoms with Gasteiger partial charge in [-0.2, -0.15) is 0 Å². The lowest BCUT2D eigenvalue weighted by Crippen LogP contribution is -2.45. The van der Waals surface area contributed by atoms with Crippen molar-refractivity contribution in [3.8, 4) is 0 Å². The lowest BCUT2D eigenvalue weighted by Gasteiger charge is -2.22. The van der Waals surface area contributed by atoms with Gasteiger partial charge in [0, 0.05) is 12.8 Å². The van der Waals surface area contributed by atoms with Crippen molar-refractivity contribution < 1.29 is 24.5 Å². The van der Waals surface area contributed by atoms with Crippen LogP contribution in [-0.2, 0) is 14.3 Å². The van der Waals surface area contributed by atoms with Crippen LogP contribution in [0.3, 0.4) is 0 Å². The molecule has 0 rings (SSSR count). The number of rotatable bonds is 81. The van der Waals surface area contributed by atoms with Gasteiger partial charge in [-0.05, 0) is 25.7 Å². The third kappa shape index (κ3) is 75.9. The summed E-state index contributed by atoms with van der Waals surface area (Å²) in [5.74, 6) is 0.00426. The van der Waals surface area contributed by atoms with Crippen LogP contribution in [0.15, 0.2) is 0 Å². The van der Waals surface area contributed by atoms with Crippen LogP contribution in [0.4, 0.5) is 0 Å². The Hall–Kier alpha value is -1.14. The van der Waals surface area contributed by atoms with Crippen molar-refractivity contribution in [2.24, 2.45) is 0 Å². The van der Waals surface area contributed by atoms with Gasteiger partial charge in [0.2, 0.25) is 5.91 Å². The summed E-state index contributed by atoms with van der Waals surface area (Å²) in [4.78, 5) is 24.7. The van der Waals surface area contributed by atoms with Crippen LogP contribution >= 0.6 is 0 Å². The second kappa shape index (κ2) is 80.3. The summed E-state index contributed by atoms with van der Waals surface area (Å²) in [6.07, 6.45) is 101. The van der Waals surface area contributed by atoms with Crippen LogP contribution in [-0.4, -0.2) is 47.4 Å². The van der Waals surface area contributed by atoms with E-state index in [1.165, 1.54) is 430 Å². The molecule has 0 aliphatic carbocycles. The van der Waals surface area contributed by atoms with Crippen LogP contribution < -0.4 is 5.32 Å². The van der Waals surface area contributed by atoms with E-state index in [-0.39, 0.29) is 18.5 Å². The van der Waals surface area contributed by atoms with Crippen molar-refractivity contribution in [3.63, 3.8) is 0 Å². The summed E-state index contributed by atoms with van der Waals surface area (Å²) in [6.45, 7) is 5.03. The molecule has 0 radical (unpaired) electrons. The lowest BCUT2D eigenvalue weighted by atomic mass is 10.0. The molecular weight excluding hydrogens is 1100 g/mol. The number of aliphatic hydroxyl groups is 2. The minimum Gasteiger partial charge on any atom is -0.466 e. The van der Waals surface area contributed by atoms with Crippen molar-refractivity contribution >= 4 is 11.9 Å². The van der Waals surface area contributed by atoms with Gasteiger partial charge < -0.3 is 20.3 Å². The molecule has 3 N–H and O–H groups in total. The van der Waals surface area contributed by atoms with Gasteiger partial charge in [-0.15, -0.1) is 0 Å². The van der Waals surface area contributed by atoms with Gasteiger partial charge in [0.25, 0.3) is 0 Å². The molecule has 0 spiro atoms. The summed E-state index contributed by atoms with van der Waals surface area (Å²) in [5.41, 5.74) is 0. The summed E-state index contributed by atoms with van der Waals surface area (Å²) in [5, 5.41) is 23.5. The van der Waals surface area contributed by atoms with E-state index in [2.05, 4.69) is 19.2 Å². The smallest absolute Gasteiger partial charge is 0.305 e. The number of unbranched alkanes of at least 4 members (excludes halogenated alkanes) is 70. The normalized spacial score (nSPS) is 12.4. The molecule has 6 nitrogen and oxygen atoms in total. The number of nitrogens with one attached hydrogen (secondary N) is 1. The minimum atomic E-state index is -0.661. The van der Waals surface area contributed by atoms with Gasteiger partial charge in [0.15, 0.2) is 0 Å². The maximum atomic E-state index is 12.6. The molecule has 0 saturated carbocycles. The maximum Gasteiger partial charge on any atom is 0.305 e. The monoisotopic (exact) mass is 1270 g/mol. The fourth-order valence-electron chi connectivity index (χ4n) is 14.0. The Kier molecular flexibility index (Phi) is 79.3. The van der Waals surface area contributed by atoms with Crippen molar-refractivity contribution in [1.29, 1.82) is 0 Å². The first-order valence-corrected chi connectivity index (χ1v) is 42.3. The van der Waals surface area contributed by atoms with Gasteiger partial charge >= 0.3 is 5.97 Å². The second-order valence-electron chi connectivity index (χ2n) is 29.5. The van der Waals surface area contributed by atoms with E-state index in [0.717, 1.165) is 38.5 Å². The van der Waals surface area contributed by atoms with E-state index < -0.39 is 12.1 Å².